The quantitative estimate of drug-likeness (QED) is 0.888. The predicted octanol–water partition coefficient (Wildman–Crippen LogP) is 1.90. The van der Waals surface area contributed by atoms with Crippen LogP contribution in [0.5, 0.6) is 0 Å². The number of anilines is 1. The SMILES string of the molecule is Cc1ccccc1N[C@@H](C(=O)[O-])c1ccccc1. The van der Waals surface area contributed by atoms with Crippen LogP contribution in [0.2, 0.25) is 0 Å². The van der Waals surface area contributed by atoms with Crippen LogP contribution in [0.4, 0.5) is 5.69 Å². The Balaban J connectivity index is 2.28. The van der Waals surface area contributed by atoms with Crippen molar-refractivity contribution in [1.29, 1.82) is 0 Å². The highest BCUT2D eigenvalue weighted by Gasteiger charge is 2.12. The van der Waals surface area contributed by atoms with Crippen molar-refractivity contribution < 1.29 is 9.90 Å². The molecule has 0 amide bonds. The molecule has 2 aromatic carbocycles. The number of aliphatic carboxylic acids is 1. The van der Waals surface area contributed by atoms with Gasteiger partial charge in [0, 0.05) is 5.69 Å². The van der Waals surface area contributed by atoms with Crippen LogP contribution in [0.15, 0.2) is 54.6 Å². The molecule has 92 valence electrons. The Hall–Kier alpha value is -2.29. The van der Waals surface area contributed by atoms with E-state index < -0.39 is 12.0 Å². The zero-order chi connectivity index (χ0) is 13.0. The molecule has 0 aromatic heterocycles. The highest BCUT2D eigenvalue weighted by Crippen LogP contribution is 2.21. The number of carboxylic acid groups (broad SMARTS) is 1. The lowest BCUT2D eigenvalue weighted by molar-refractivity contribution is -0.307. The molecule has 0 bridgehead atoms. The molecule has 0 spiro atoms. The molecule has 0 saturated heterocycles. The molecule has 0 saturated carbocycles. The van der Waals surface area contributed by atoms with Gasteiger partial charge < -0.3 is 15.2 Å². The zero-order valence-corrected chi connectivity index (χ0v) is 10.1. The summed E-state index contributed by atoms with van der Waals surface area (Å²) in [6, 6.07) is 15.7. The second-order valence-corrected chi connectivity index (χ2v) is 4.12. The highest BCUT2D eigenvalue weighted by molar-refractivity contribution is 5.77. The fourth-order valence-corrected chi connectivity index (χ4v) is 1.81. The normalized spacial score (nSPS) is 11.8. The van der Waals surface area contributed by atoms with Crippen LogP contribution in [0.25, 0.3) is 0 Å². The smallest absolute Gasteiger partial charge is 0.0912 e. The Bertz CT molecular complexity index is 537. The number of carbonyl (C=O) groups excluding carboxylic acids is 1. The summed E-state index contributed by atoms with van der Waals surface area (Å²) >= 11 is 0. The van der Waals surface area contributed by atoms with Gasteiger partial charge in [-0.2, -0.15) is 0 Å². The lowest BCUT2D eigenvalue weighted by Crippen LogP contribution is -2.34. The number of carbonyl (C=O) groups is 1. The van der Waals surface area contributed by atoms with Crippen molar-refractivity contribution in [3.05, 3.63) is 65.7 Å². The summed E-state index contributed by atoms with van der Waals surface area (Å²) in [4.78, 5) is 11.2. The first-order valence-electron chi connectivity index (χ1n) is 5.76. The van der Waals surface area contributed by atoms with Gasteiger partial charge in [0.2, 0.25) is 0 Å². The number of hydrogen-bond acceptors (Lipinski definition) is 3. The maximum atomic E-state index is 11.2. The molecule has 18 heavy (non-hydrogen) atoms. The predicted molar refractivity (Wildman–Crippen MR) is 69.0 cm³/mol. The van der Waals surface area contributed by atoms with Gasteiger partial charge in [-0.15, -0.1) is 0 Å². The number of carboxylic acids is 1. The van der Waals surface area contributed by atoms with Crippen molar-refractivity contribution in [2.75, 3.05) is 5.32 Å². The minimum Gasteiger partial charge on any atom is -0.548 e. The van der Waals surface area contributed by atoms with Gasteiger partial charge in [-0.05, 0) is 24.1 Å². The van der Waals surface area contributed by atoms with E-state index in [1.165, 1.54) is 0 Å². The molecule has 0 aliphatic heterocycles. The molecule has 3 heteroatoms. The molecular formula is C15H14NO2-. The number of nitrogens with one attached hydrogen (secondary N) is 1. The van der Waals surface area contributed by atoms with E-state index in [0.717, 1.165) is 11.3 Å². The van der Waals surface area contributed by atoms with E-state index >= 15 is 0 Å². The third-order valence-electron chi connectivity index (χ3n) is 2.81. The van der Waals surface area contributed by atoms with E-state index in [4.69, 9.17) is 0 Å². The lowest BCUT2D eigenvalue weighted by Gasteiger charge is -2.22. The fraction of sp³-hybridized carbons (Fsp3) is 0.133. The third kappa shape index (κ3) is 2.69. The van der Waals surface area contributed by atoms with Crippen LogP contribution in [0.1, 0.15) is 17.2 Å². The second kappa shape index (κ2) is 5.36. The van der Waals surface area contributed by atoms with E-state index in [0.29, 0.717) is 5.56 Å². The molecular weight excluding hydrogens is 226 g/mol. The first-order chi connectivity index (χ1) is 8.68. The Morgan fingerprint density at radius 1 is 1.06 bits per heavy atom. The number of rotatable bonds is 4. The zero-order valence-electron chi connectivity index (χ0n) is 10.1. The van der Waals surface area contributed by atoms with Crippen LogP contribution < -0.4 is 10.4 Å². The van der Waals surface area contributed by atoms with E-state index in [9.17, 15) is 9.90 Å². The van der Waals surface area contributed by atoms with Crippen molar-refractivity contribution in [1.82, 2.24) is 0 Å². The van der Waals surface area contributed by atoms with Gasteiger partial charge in [0.1, 0.15) is 0 Å². The molecule has 0 heterocycles. The summed E-state index contributed by atoms with van der Waals surface area (Å²) in [5, 5.41) is 14.2. The molecule has 0 aliphatic rings. The molecule has 0 aliphatic carbocycles. The first kappa shape index (κ1) is 12.2. The van der Waals surface area contributed by atoms with Crippen molar-refractivity contribution in [3.8, 4) is 0 Å². The van der Waals surface area contributed by atoms with E-state index in [1.807, 2.05) is 49.4 Å². The Morgan fingerprint density at radius 2 is 1.67 bits per heavy atom. The molecule has 1 atom stereocenters. The van der Waals surface area contributed by atoms with E-state index in [-0.39, 0.29) is 0 Å². The summed E-state index contributed by atoms with van der Waals surface area (Å²) < 4.78 is 0. The van der Waals surface area contributed by atoms with Gasteiger partial charge in [-0.25, -0.2) is 0 Å². The van der Waals surface area contributed by atoms with Crippen molar-refractivity contribution >= 4 is 11.7 Å². The summed E-state index contributed by atoms with van der Waals surface area (Å²) in [6.45, 7) is 1.93. The maximum Gasteiger partial charge on any atom is 0.0912 e. The fourth-order valence-electron chi connectivity index (χ4n) is 1.81. The van der Waals surface area contributed by atoms with Crippen LogP contribution in [-0.2, 0) is 4.79 Å². The molecule has 3 nitrogen and oxygen atoms in total. The largest absolute Gasteiger partial charge is 0.548 e. The van der Waals surface area contributed by atoms with E-state index in [1.54, 1.807) is 12.1 Å². The minimum absolute atomic E-state index is 0.681. The third-order valence-corrected chi connectivity index (χ3v) is 2.81. The maximum absolute atomic E-state index is 11.2. The Morgan fingerprint density at radius 3 is 2.28 bits per heavy atom. The average Bonchev–Trinajstić information content (AvgIpc) is 2.38. The minimum atomic E-state index is -1.13. The summed E-state index contributed by atoms with van der Waals surface area (Å²) in [7, 11) is 0. The standard InChI is InChI=1S/C15H15NO2/c1-11-7-5-6-10-13(11)16-14(15(17)18)12-8-3-2-4-9-12/h2-10,14,16H,1H3,(H,17,18)/p-1/t14-/m1/s1. The molecule has 2 aromatic rings. The molecule has 1 N–H and O–H groups in total. The summed E-state index contributed by atoms with van der Waals surface area (Å²) in [6.07, 6.45) is 0. The number of aryl methyl sites for hydroxylation is 1. The van der Waals surface area contributed by atoms with Crippen LogP contribution in [0, 0.1) is 6.92 Å². The van der Waals surface area contributed by atoms with Crippen molar-refractivity contribution in [2.45, 2.75) is 13.0 Å². The second-order valence-electron chi connectivity index (χ2n) is 4.12. The molecule has 0 unspecified atom stereocenters. The van der Waals surface area contributed by atoms with Crippen molar-refractivity contribution in [3.63, 3.8) is 0 Å². The topological polar surface area (TPSA) is 52.2 Å². The van der Waals surface area contributed by atoms with Crippen LogP contribution >= 0.6 is 0 Å². The Kier molecular flexibility index (Phi) is 3.63. The van der Waals surface area contributed by atoms with Gasteiger partial charge in [0.15, 0.2) is 0 Å². The van der Waals surface area contributed by atoms with Gasteiger partial charge >= 0.3 is 0 Å². The van der Waals surface area contributed by atoms with Crippen LogP contribution in [-0.4, -0.2) is 5.97 Å². The Labute approximate surface area is 106 Å². The first-order valence-corrected chi connectivity index (χ1v) is 5.76. The van der Waals surface area contributed by atoms with Gasteiger partial charge in [0.05, 0.1) is 12.0 Å². The van der Waals surface area contributed by atoms with Gasteiger partial charge in [-0.3, -0.25) is 0 Å². The van der Waals surface area contributed by atoms with Gasteiger partial charge in [-0.1, -0.05) is 48.5 Å². The number of hydrogen-bond donors (Lipinski definition) is 1. The summed E-state index contributed by atoms with van der Waals surface area (Å²) in [5.74, 6) is -1.13. The van der Waals surface area contributed by atoms with E-state index in [2.05, 4.69) is 5.32 Å². The van der Waals surface area contributed by atoms with Crippen LogP contribution in [0.3, 0.4) is 0 Å². The van der Waals surface area contributed by atoms with Crippen molar-refractivity contribution in [2.24, 2.45) is 0 Å². The highest BCUT2D eigenvalue weighted by atomic mass is 16.4. The lowest BCUT2D eigenvalue weighted by atomic mass is 10.1. The average molecular weight is 240 g/mol. The monoisotopic (exact) mass is 240 g/mol. The number of benzene rings is 2. The summed E-state index contributed by atoms with van der Waals surface area (Å²) in [5.41, 5.74) is 2.48. The molecule has 0 radical (unpaired) electrons. The number of para-hydroxylation sites is 1. The van der Waals surface area contributed by atoms with Gasteiger partial charge in [0.25, 0.3) is 0 Å². The molecule has 0 fully saturated rings. The molecule has 2 rings (SSSR count).